The zero-order valence-electron chi connectivity index (χ0n) is 11.3. The van der Waals surface area contributed by atoms with Crippen LogP contribution >= 0.6 is 0 Å². The number of piperidine rings is 1. The van der Waals surface area contributed by atoms with Gasteiger partial charge in [-0.05, 0) is 51.4 Å². The fourth-order valence-electron chi connectivity index (χ4n) is 2.75. The summed E-state index contributed by atoms with van der Waals surface area (Å²) >= 11 is 0. The molecule has 1 aliphatic heterocycles. The molecule has 1 fully saturated rings. The van der Waals surface area contributed by atoms with Gasteiger partial charge in [-0.1, -0.05) is 18.2 Å². The van der Waals surface area contributed by atoms with Crippen molar-refractivity contribution in [2.75, 3.05) is 20.1 Å². The van der Waals surface area contributed by atoms with Crippen LogP contribution in [0.5, 0.6) is 0 Å². The summed E-state index contributed by atoms with van der Waals surface area (Å²) in [5.41, 5.74) is 0.830. The van der Waals surface area contributed by atoms with Crippen molar-refractivity contribution in [2.24, 2.45) is 0 Å². The average Bonchev–Trinajstić information content (AvgIpc) is 2.41. The fourth-order valence-corrected chi connectivity index (χ4v) is 2.75. The third-order valence-corrected chi connectivity index (χ3v) is 3.96. The largest absolute Gasteiger partial charge is 0.316 e. The van der Waals surface area contributed by atoms with Gasteiger partial charge >= 0.3 is 0 Å². The molecule has 0 amide bonds. The molecule has 2 rings (SSSR count). The van der Waals surface area contributed by atoms with Crippen LogP contribution < -0.4 is 5.32 Å². The molecule has 0 spiro atoms. The Hall–Kier alpha value is -0.930. The number of hydrogen-bond donors (Lipinski definition) is 1. The minimum atomic E-state index is -0.0773. The van der Waals surface area contributed by atoms with Gasteiger partial charge in [0.2, 0.25) is 0 Å². The Kier molecular flexibility index (Phi) is 4.72. The monoisotopic (exact) mass is 250 g/mol. The highest BCUT2D eigenvalue weighted by molar-refractivity contribution is 5.18. The van der Waals surface area contributed by atoms with Gasteiger partial charge in [-0.25, -0.2) is 4.39 Å². The van der Waals surface area contributed by atoms with E-state index < -0.39 is 0 Å². The number of likely N-dealkylation sites (tertiary alicyclic amines) is 1. The molecule has 0 aromatic heterocycles. The van der Waals surface area contributed by atoms with Gasteiger partial charge < -0.3 is 5.32 Å². The molecule has 1 N–H and O–H groups in total. The van der Waals surface area contributed by atoms with Crippen LogP contribution in [0, 0.1) is 5.82 Å². The second kappa shape index (κ2) is 6.30. The maximum Gasteiger partial charge on any atom is 0.126 e. The van der Waals surface area contributed by atoms with Gasteiger partial charge in [-0.15, -0.1) is 0 Å². The molecule has 2 unspecified atom stereocenters. The van der Waals surface area contributed by atoms with E-state index in [9.17, 15) is 4.39 Å². The van der Waals surface area contributed by atoms with Crippen molar-refractivity contribution in [1.29, 1.82) is 0 Å². The van der Waals surface area contributed by atoms with Crippen LogP contribution in [0.4, 0.5) is 4.39 Å². The predicted molar refractivity (Wildman–Crippen MR) is 73.2 cm³/mol. The highest BCUT2D eigenvalue weighted by Gasteiger charge is 2.22. The topological polar surface area (TPSA) is 15.3 Å². The molecule has 0 bridgehead atoms. The van der Waals surface area contributed by atoms with E-state index in [0.717, 1.165) is 25.1 Å². The van der Waals surface area contributed by atoms with Crippen LogP contribution in [0.2, 0.25) is 0 Å². The smallest absolute Gasteiger partial charge is 0.126 e. The zero-order valence-corrected chi connectivity index (χ0v) is 11.3. The van der Waals surface area contributed by atoms with E-state index in [0.29, 0.717) is 12.1 Å². The minimum absolute atomic E-state index is 0.0773. The van der Waals surface area contributed by atoms with Crippen LogP contribution in [-0.2, 0) is 6.42 Å². The van der Waals surface area contributed by atoms with Crippen LogP contribution in [0.3, 0.4) is 0 Å². The molecule has 0 radical (unpaired) electrons. The van der Waals surface area contributed by atoms with Gasteiger partial charge in [0.15, 0.2) is 0 Å². The van der Waals surface area contributed by atoms with Crippen molar-refractivity contribution in [3.05, 3.63) is 35.6 Å². The van der Waals surface area contributed by atoms with Crippen LogP contribution in [0.25, 0.3) is 0 Å². The maximum atomic E-state index is 13.6. The molecule has 100 valence electrons. The summed E-state index contributed by atoms with van der Waals surface area (Å²) in [4.78, 5) is 2.47. The quantitative estimate of drug-likeness (QED) is 0.883. The first-order valence-electron chi connectivity index (χ1n) is 6.85. The number of halogens is 1. The molecule has 0 aliphatic carbocycles. The molecule has 3 heteroatoms. The predicted octanol–water partition coefficient (Wildman–Crippen LogP) is 2.44. The Balaban J connectivity index is 1.95. The molecular weight excluding hydrogens is 227 g/mol. The highest BCUT2D eigenvalue weighted by atomic mass is 19.1. The van der Waals surface area contributed by atoms with Gasteiger partial charge in [0.05, 0.1) is 0 Å². The molecule has 2 nitrogen and oxygen atoms in total. The van der Waals surface area contributed by atoms with Crippen molar-refractivity contribution in [2.45, 2.75) is 38.3 Å². The minimum Gasteiger partial charge on any atom is -0.316 e. The lowest BCUT2D eigenvalue weighted by atomic mass is 10.0. The molecule has 1 heterocycles. The molecule has 1 aromatic carbocycles. The third-order valence-electron chi connectivity index (χ3n) is 3.96. The summed E-state index contributed by atoms with van der Waals surface area (Å²) in [6.07, 6.45) is 3.27. The number of nitrogens with zero attached hydrogens (tertiary/aromatic N) is 1. The molecular formula is C15H23FN2. The first-order chi connectivity index (χ1) is 8.70. The molecule has 0 saturated carbocycles. The highest BCUT2D eigenvalue weighted by Crippen LogP contribution is 2.17. The van der Waals surface area contributed by atoms with Crippen LogP contribution in [-0.4, -0.2) is 37.1 Å². The Morgan fingerprint density at radius 2 is 2.22 bits per heavy atom. The van der Waals surface area contributed by atoms with E-state index in [1.807, 2.05) is 19.2 Å². The van der Waals surface area contributed by atoms with E-state index in [4.69, 9.17) is 0 Å². The van der Waals surface area contributed by atoms with Gasteiger partial charge in [-0.3, -0.25) is 4.90 Å². The Morgan fingerprint density at radius 3 is 2.94 bits per heavy atom. The number of benzene rings is 1. The maximum absolute atomic E-state index is 13.6. The molecule has 2 atom stereocenters. The van der Waals surface area contributed by atoms with E-state index in [2.05, 4.69) is 17.1 Å². The lowest BCUT2D eigenvalue weighted by Gasteiger charge is -2.36. The second-order valence-electron chi connectivity index (χ2n) is 5.27. The van der Waals surface area contributed by atoms with Gasteiger partial charge in [0.25, 0.3) is 0 Å². The summed E-state index contributed by atoms with van der Waals surface area (Å²) in [5, 5.41) is 3.35. The van der Waals surface area contributed by atoms with Crippen molar-refractivity contribution in [3.63, 3.8) is 0 Å². The zero-order chi connectivity index (χ0) is 13.0. The first-order valence-corrected chi connectivity index (χ1v) is 6.85. The summed E-state index contributed by atoms with van der Waals surface area (Å²) in [7, 11) is 2.02. The summed E-state index contributed by atoms with van der Waals surface area (Å²) in [5.74, 6) is -0.0773. The number of rotatable bonds is 4. The molecule has 18 heavy (non-hydrogen) atoms. The summed E-state index contributed by atoms with van der Waals surface area (Å²) in [6.45, 7) is 4.41. The lowest BCUT2D eigenvalue weighted by Crippen LogP contribution is -2.48. The van der Waals surface area contributed by atoms with Gasteiger partial charge in [-0.2, -0.15) is 0 Å². The summed E-state index contributed by atoms with van der Waals surface area (Å²) in [6, 6.07) is 8.10. The Morgan fingerprint density at radius 1 is 1.44 bits per heavy atom. The van der Waals surface area contributed by atoms with Crippen molar-refractivity contribution < 1.29 is 4.39 Å². The van der Waals surface area contributed by atoms with Gasteiger partial charge in [0.1, 0.15) is 5.82 Å². The SMILES string of the molecule is CNC1CCCN(C(C)Cc2ccccc2F)C1. The van der Waals surface area contributed by atoms with Gasteiger partial charge in [0, 0.05) is 18.6 Å². The van der Waals surface area contributed by atoms with Crippen molar-refractivity contribution in [3.8, 4) is 0 Å². The molecule has 1 saturated heterocycles. The average molecular weight is 250 g/mol. The van der Waals surface area contributed by atoms with Crippen molar-refractivity contribution >= 4 is 0 Å². The van der Waals surface area contributed by atoms with Crippen LogP contribution in [0.1, 0.15) is 25.3 Å². The van der Waals surface area contributed by atoms with E-state index in [1.165, 1.54) is 12.8 Å². The third kappa shape index (κ3) is 3.30. The van der Waals surface area contributed by atoms with Crippen molar-refractivity contribution in [1.82, 2.24) is 10.2 Å². The van der Waals surface area contributed by atoms with E-state index >= 15 is 0 Å². The Bertz CT molecular complexity index is 381. The summed E-state index contributed by atoms with van der Waals surface area (Å²) < 4.78 is 13.6. The Labute approximate surface area is 109 Å². The number of hydrogen-bond acceptors (Lipinski definition) is 2. The normalized spacial score (nSPS) is 22.9. The standard InChI is InChI=1S/C15H23FN2/c1-12(10-13-6-3-4-8-15(13)16)18-9-5-7-14(11-18)17-2/h3-4,6,8,12,14,17H,5,7,9-11H2,1-2H3. The van der Waals surface area contributed by atoms with Crippen LogP contribution in [0.15, 0.2) is 24.3 Å². The van der Waals surface area contributed by atoms with E-state index in [1.54, 1.807) is 12.1 Å². The number of nitrogens with one attached hydrogen (secondary N) is 1. The fraction of sp³-hybridized carbons (Fsp3) is 0.600. The molecule has 1 aromatic rings. The lowest BCUT2D eigenvalue weighted by molar-refractivity contribution is 0.147. The number of likely N-dealkylation sites (N-methyl/N-ethyl adjacent to an activating group) is 1. The second-order valence-corrected chi connectivity index (χ2v) is 5.27. The first kappa shape index (κ1) is 13.5. The van der Waals surface area contributed by atoms with E-state index in [-0.39, 0.29) is 5.82 Å². The molecule has 1 aliphatic rings.